The zero-order valence-electron chi connectivity index (χ0n) is 18.1. The molecule has 0 aliphatic carbocycles. The third kappa shape index (κ3) is 5.29. The van der Waals surface area contributed by atoms with Crippen molar-refractivity contribution < 1.29 is 29.0 Å². The SMILES string of the molecule is Cc1ccc(Oc2ccc(CN3C(=O)C(C(=O)NCC(=O)O)C(=O)CC3(C)C)cn2)cc1. The van der Waals surface area contributed by atoms with Crippen molar-refractivity contribution in [2.24, 2.45) is 5.92 Å². The van der Waals surface area contributed by atoms with Crippen LogP contribution >= 0.6 is 0 Å². The molecule has 1 fully saturated rings. The quantitative estimate of drug-likeness (QED) is 0.633. The van der Waals surface area contributed by atoms with E-state index in [1.165, 1.54) is 4.90 Å². The second-order valence-electron chi connectivity index (χ2n) is 8.34. The van der Waals surface area contributed by atoms with E-state index in [1.807, 2.05) is 31.2 Å². The van der Waals surface area contributed by atoms with Gasteiger partial charge >= 0.3 is 5.97 Å². The van der Waals surface area contributed by atoms with Gasteiger partial charge in [-0.3, -0.25) is 19.2 Å². The maximum Gasteiger partial charge on any atom is 0.322 e. The van der Waals surface area contributed by atoms with Gasteiger partial charge in [0.1, 0.15) is 12.3 Å². The van der Waals surface area contributed by atoms with Gasteiger partial charge in [-0.15, -0.1) is 0 Å². The lowest BCUT2D eigenvalue weighted by atomic mass is 9.82. The first-order valence-electron chi connectivity index (χ1n) is 10.1. The third-order valence-corrected chi connectivity index (χ3v) is 5.23. The summed E-state index contributed by atoms with van der Waals surface area (Å²) in [5.41, 5.74) is 0.999. The molecule has 2 aromatic rings. The zero-order valence-corrected chi connectivity index (χ0v) is 18.1. The lowest BCUT2D eigenvalue weighted by Crippen LogP contribution is -2.60. The highest BCUT2D eigenvalue weighted by molar-refractivity contribution is 6.20. The van der Waals surface area contributed by atoms with Crippen LogP contribution in [0.4, 0.5) is 0 Å². The van der Waals surface area contributed by atoms with Crippen LogP contribution in [0.2, 0.25) is 0 Å². The summed E-state index contributed by atoms with van der Waals surface area (Å²) in [5, 5.41) is 10.9. The highest BCUT2D eigenvalue weighted by Crippen LogP contribution is 2.31. The topological polar surface area (TPSA) is 126 Å². The molecule has 168 valence electrons. The van der Waals surface area contributed by atoms with Crippen molar-refractivity contribution >= 4 is 23.6 Å². The standard InChI is InChI=1S/C23H25N3O6/c1-14-4-7-16(8-5-14)32-18-9-6-15(11-24-18)13-26-22(31)20(17(27)10-23(26,2)3)21(30)25-12-19(28)29/h4-9,11,20H,10,12-13H2,1-3H3,(H,25,30)(H,28,29). The normalized spacial score (nSPS) is 17.7. The van der Waals surface area contributed by atoms with Crippen LogP contribution in [0.3, 0.4) is 0 Å². The van der Waals surface area contributed by atoms with Crippen molar-refractivity contribution in [3.63, 3.8) is 0 Å². The van der Waals surface area contributed by atoms with E-state index in [4.69, 9.17) is 9.84 Å². The number of hydrogen-bond donors (Lipinski definition) is 2. The van der Waals surface area contributed by atoms with Gasteiger partial charge in [-0.1, -0.05) is 23.8 Å². The van der Waals surface area contributed by atoms with Crippen molar-refractivity contribution in [2.45, 2.75) is 39.3 Å². The predicted octanol–water partition coefficient (Wildman–Crippen LogP) is 2.08. The first-order valence-corrected chi connectivity index (χ1v) is 10.1. The van der Waals surface area contributed by atoms with E-state index in [-0.39, 0.29) is 13.0 Å². The maximum absolute atomic E-state index is 13.0. The van der Waals surface area contributed by atoms with Crippen molar-refractivity contribution in [1.82, 2.24) is 15.2 Å². The number of benzene rings is 1. The molecular formula is C23H25N3O6. The number of aromatic nitrogens is 1. The van der Waals surface area contributed by atoms with Gasteiger partial charge in [0.15, 0.2) is 11.7 Å². The second kappa shape index (κ2) is 9.17. The fraction of sp³-hybridized carbons (Fsp3) is 0.348. The summed E-state index contributed by atoms with van der Waals surface area (Å²) in [6.07, 6.45) is 1.55. The molecule has 2 heterocycles. The van der Waals surface area contributed by atoms with Crippen molar-refractivity contribution in [3.8, 4) is 11.6 Å². The number of pyridine rings is 1. The van der Waals surface area contributed by atoms with Crippen molar-refractivity contribution in [2.75, 3.05) is 6.54 Å². The number of carbonyl (C=O) groups is 4. The number of nitrogens with zero attached hydrogens (tertiary/aromatic N) is 2. The number of ether oxygens (including phenoxy) is 1. The first kappa shape index (κ1) is 22.9. The minimum atomic E-state index is -1.56. The van der Waals surface area contributed by atoms with E-state index in [0.717, 1.165) is 5.56 Å². The van der Waals surface area contributed by atoms with Crippen LogP contribution in [0, 0.1) is 12.8 Å². The molecule has 1 aromatic heterocycles. The summed E-state index contributed by atoms with van der Waals surface area (Å²) >= 11 is 0. The Kier molecular flexibility index (Phi) is 6.57. The van der Waals surface area contributed by atoms with Crippen LogP contribution in [-0.2, 0) is 25.7 Å². The Balaban J connectivity index is 1.73. The Morgan fingerprint density at radius 1 is 1.19 bits per heavy atom. The number of carboxylic acids is 1. The number of Topliss-reactive ketones (excluding diaryl/α,β-unsaturated/α-hetero) is 1. The van der Waals surface area contributed by atoms with Gasteiger partial charge in [0, 0.05) is 30.8 Å². The summed E-state index contributed by atoms with van der Waals surface area (Å²) in [6, 6.07) is 11.0. The Morgan fingerprint density at radius 3 is 2.47 bits per heavy atom. The number of nitrogens with one attached hydrogen (secondary N) is 1. The largest absolute Gasteiger partial charge is 0.480 e. The molecule has 0 spiro atoms. The van der Waals surface area contributed by atoms with Gasteiger partial charge in [-0.2, -0.15) is 0 Å². The summed E-state index contributed by atoms with van der Waals surface area (Å²) in [6.45, 7) is 4.95. The van der Waals surface area contributed by atoms with E-state index >= 15 is 0 Å². The molecule has 32 heavy (non-hydrogen) atoms. The van der Waals surface area contributed by atoms with Gasteiger partial charge < -0.3 is 20.1 Å². The van der Waals surface area contributed by atoms with Crippen LogP contribution in [0.5, 0.6) is 11.6 Å². The maximum atomic E-state index is 13.0. The summed E-state index contributed by atoms with van der Waals surface area (Å²) in [5.74, 6) is -3.86. The number of likely N-dealkylation sites (tertiary alicyclic amines) is 1. The molecule has 1 atom stereocenters. The van der Waals surface area contributed by atoms with Crippen LogP contribution in [-0.4, -0.2) is 50.6 Å². The smallest absolute Gasteiger partial charge is 0.322 e. The minimum absolute atomic E-state index is 0.0219. The molecule has 1 aliphatic rings. The molecule has 9 heteroatoms. The monoisotopic (exact) mass is 439 g/mol. The number of ketones is 1. The second-order valence-corrected chi connectivity index (χ2v) is 8.34. The van der Waals surface area contributed by atoms with E-state index in [0.29, 0.717) is 17.2 Å². The fourth-order valence-electron chi connectivity index (χ4n) is 3.51. The summed E-state index contributed by atoms with van der Waals surface area (Å²) < 4.78 is 5.71. The Bertz CT molecular complexity index is 1030. The Hall–Kier alpha value is -3.75. The summed E-state index contributed by atoms with van der Waals surface area (Å²) in [7, 11) is 0. The van der Waals surface area contributed by atoms with Crippen molar-refractivity contribution in [3.05, 3.63) is 53.7 Å². The van der Waals surface area contributed by atoms with Gasteiger partial charge in [-0.25, -0.2) is 4.98 Å². The lowest BCUT2D eigenvalue weighted by molar-refractivity contribution is -0.158. The van der Waals surface area contributed by atoms with Gasteiger partial charge in [-0.05, 0) is 38.5 Å². The first-order chi connectivity index (χ1) is 15.1. The predicted molar refractivity (Wildman–Crippen MR) is 114 cm³/mol. The molecule has 1 unspecified atom stereocenters. The number of carbonyl (C=O) groups excluding carboxylic acids is 3. The molecule has 1 aromatic carbocycles. The van der Waals surface area contributed by atoms with Crippen LogP contribution < -0.4 is 10.1 Å². The molecule has 1 saturated heterocycles. The van der Waals surface area contributed by atoms with Crippen LogP contribution in [0.25, 0.3) is 0 Å². The van der Waals surface area contributed by atoms with E-state index in [9.17, 15) is 19.2 Å². The Morgan fingerprint density at radius 2 is 1.88 bits per heavy atom. The van der Waals surface area contributed by atoms with E-state index < -0.39 is 41.6 Å². The average Bonchev–Trinajstić information content (AvgIpc) is 2.72. The number of carboxylic acid groups (broad SMARTS) is 1. The third-order valence-electron chi connectivity index (χ3n) is 5.23. The number of hydrogen-bond acceptors (Lipinski definition) is 6. The minimum Gasteiger partial charge on any atom is -0.480 e. The average molecular weight is 439 g/mol. The molecule has 3 rings (SSSR count). The molecule has 2 amide bonds. The molecule has 0 radical (unpaired) electrons. The highest BCUT2D eigenvalue weighted by Gasteiger charge is 2.48. The summed E-state index contributed by atoms with van der Waals surface area (Å²) in [4.78, 5) is 54.2. The zero-order chi connectivity index (χ0) is 23.5. The molecular weight excluding hydrogens is 414 g/mol. The van der Waals surface area contributed by atoms with Gasteiger partial charge in [0.25, 0.3) is 0 Å². The van der Waals surface area contributed by atoms with Crippen LogP contribution in [0.1, 0.15) is 31.4 Å². The number of piperidine rings is 1. The molecule has 9 nitrogen and oxygen atoms in total. The van der Waals surface area contributed by atoms with Gasteiger partial charge in [0.05, 0.1) is 0 Å². The number of rotatable bonds is 7. The van der Waals surface area contributed by atoms with E-state index in [2.05, 4.69) is 10.3 Å². The lowest BCUT2D eigenvalue weighted by Gasteiger charge is -2.44. The number of aliphatic carboxylic acids is 1. The molecule has 2 N–H and O–H groups in total. The van der Waals surface area contributed by atoms with E-state index in [1.54, 1.807) is 32.2 Å². The molecule has 0 bridgehead atoms. The Labute approximate surface area is 185 Å². The van der Waals surface area contributed by atoms with Crippen molar-refractivity contribution in [1.29, 1.82) is 0 Å². The van der Waals surface area contributed by atoms with Crippen LogP contribution in [0.15, 0.2) is 42.6 Å². The fourth-order valence-corrected chi connectivity index (χ4v) is 3.51. The number of amides is 2. The molecule has 0 saturated carbocycles. The number of aryl methyl sites for hydroxylation is 1. The highest BCUT2D eigenvalue weighted by atomic mass is 16.5. The molecule has 1 aliphatic heterocycles. The van der Waals surface area contributed by atoms with Gasteiger partial charge in [0.2, 0.25) is 17.7 Å².